The Hall–Kier alpha value is -1.42. The standard InChI is InChI=1S/C11H15ClN2O2/c1-3-4-16-11-6-9(12)8(7-14-13)5-10(11)15-2/h5-7H,3-4,13H2,1-2H3. The van der Waals surface area contributed by atoms with E-state index in [4.69, 9.17) is 26.9 Å². The lowest BCUT2D eigenvalue weighted by Crippen LogP contribution is -1.99. The lowest BCUT2D eigenvalue weighted by molar-refractivity contribution is 0.294. The summed E-state index contributed by atoms with van der Waals surface area (Å²) in [5.74, 6) is 6.32. The number of halogens is 1. The fraction of sp³-hybridized carbons (Fsp3) is 0.364. The molecule has 0 aliphatic rings. The topological polar surface area (TPSA) is 56.8 Å². The summed E-state index contributed by atoms with van der Waals surface area (Å²) in [6.07, 6.45) is 2.39. The second kappa shape index (κ2) is 6.23. The quantitative estimate of drug-likeness (QED) is 0.490. The molecular formula is C11H15ClN2O2. The minimum Gasteiger partial charge on any atom is -0.493 e. The van der Waals surface area contributed by atoms with Crippen LogP contribution in [0.15, 0.2) is 17.2 Å². The number of benzene rings is 1. The molecule has 0 bridgehead atoms. The zero-order chi connectivity index (χ0) is 12.0. The molecule has 0 spiro atoms. The molecule has 88 valence electrons. The number of nitrogens with zero attached hydrogens (tertiary/aromatic N) is 1. The molecule has 0 fully saturated rings. The summed E-state index contributed by atoms with van der Waals surface area (Å²) in [6, 6.07) is 3.44. The Morgan fingerprint density at radius 2 is 2.19 bits per heavy atom. The molecule has 4 nitrogen and oxygen atoms in total. The van der Waals surface area contributed by atoms with Gasteiger partial charge in [-0.05, 0) is 12.5 Å². The summed E-state index contributed by atoms with van der Waals surface area (Å²) < 4.78 is 10.7. The highest BCUT2D eigenvalue weighted by Gasteiger charge is 2.09. The van der Waals surface area contributed by atoms with Crippen LogP contribution < -0.4 is 15.3 Å². The van der Waals surface area contributed by atoms with Crippen LogP contribution in [0.4, 0.5) is 0 Å². The van der Waals surface area contributed by atoms with Gasteiger partial charge in [0.15, 0.2) is 11.5 Å². The second-order valence-electron chi connectivity index (χ2n) is 3.15. The lowest BCUT2D eigenvalue weighted by atomic mass is 10.2. The number of hydrogen-bond acceptors (Lipinski definition) is 4. The first-order valence-electron chi connectivity index (χ1n) is 4.96. The van der Waals surface area contributed by atoms with Crippen LogP contribution in [0.1, 0.15) is 18.9 Å². The molecule has 1 aromatic rings. The summed E-state index contributed by atoms with van der Waals surface area (Å²) in [7, 11) is 1.57. The average Bonchev–Trinajstić information content (AvgIpc) is 2.29. The molecule has 0 atom stereocenters. The Bertz CT molecular complexity index is 380. The van der Waals surface area contributed by atoms with Crippen LogP contribution in [0.3, 0.4) is 0 Å². The fourth-order valence-corrected chi connectivity index (χ4v) is 1.42. The van der Waals surface area contributed by atoms with E-state index in [1.54, 1.807) is 19.2 Å². The Morgan fingerprint density at radius 3 is 2.75 bits per heavy atom. The predicted octanol–water partition coefficient (Wildman–Crippen LogP) is 2.43. The van der Waals surface area contributed by atoms with Crippen LogP contribution in [0, 0.1) is 0 Å². The first-order chi connectivity index (χ1) is 7.72. The Morgan fingerprint density at radius 1 is 1.44 bits per heavy atom. The van der Waals surface area contributed by atoms with E-state index >= 15 is 0 Å². The first kappa shape index (κ1) is 12.6. The smallest absolute Gasteiger partial charge is 0.162 e. The van der Waals surface area contributed by atoms with E-state index in [-0.39, 0.29) is 0 Å². The van der Waals surface area contributed by atoms with Gasteiger partial charge in [0.25, 0.3) is 0 Å². The van der Waals surface area contributed by atoms with E-state index in [9.17, 15) is 0 Å². The van der Waals surface area contributed by atoms with Crippen LogP contribution in [0.2, 0.25) is 5.02 Å². The normalized spacial score (nSPS) is 10.7. The molecule has 0 heterocycles. The summed E-state index contributed by atoms with van der Waals surface area (Å²) in [5, 5.41) is 3.96. The van der Waals surface area contributed by atoms with Crippen molar-refractivity contribution in [2.45, 2.75) is 13.3 Å². The van der Waals surface area contributed by atoms with Gasteiger partial charge in [-0.25, -0.2) is 0 Å². The molecule has 2 N–H and O–H groups in total. The van der Waals surface area contributed by atoms with Crippen molar-refractivity contribution in [3.8, 4) is 11.5 Å². The largest absolute Gasteiger partial charge is 0.493 e. The summed E-state index contributed by atoms with van der Waals surface area (Å²) >= 11 is 6.03. The highest BCUT2D eigenvalue weighted by molar-refractivity contribution is 6.33. The molecule has 16 heavy (non-hydrogen) atoms. The van der Waals surface area contributed by atoms with Crippen molar-refractivity contribution in [1.29, 1.82) is 0 Å². The van der Waals surface area contributed by atoms with Crippen molar-refractivity contribution in [2.75, 3.05) is 13.7 Å². The Kier molecular flexibility index (Phi) is 4.92. The third-order valence-electron chi connectivity index (χ3n) is 1.96. The van der Waals surface area contributed by atoms with Crippen molar-refractivity contribution in [1.82, 2.24) is 0 Å². The zero-order valence-corrected chi connectivity index (χ0v) is 10.1. The SMILES string of the molecule is CCCOc1cc(Cl)c(C=NN)cc1OC. The van der Waals surface area contributed by atoms with Crippen LogP contribution in [0.5, 0.6) is 11.5 Å². The molecule has 0 saturated carbocycles. The summed E-state index contributed by atoms with van der Waals surface area (Å²) in [4.78, 5) is 0. The van der Waals surface area contributed by atoms with E-state index in [2.05, 4.69) is 5.10 Å². The van der Waals surface area contributed by atoms with Crippen molar-refractivity contribution < 1.29 is 9.47 Å². The van der Waals surface area contributed by atoms with Gasteiger partial charge >= 0.3 is 0 Å². The molecule has 1 rings (SSSR count). The summed E-state index contributed by atoms with van der Waals surface area (Å²) in [5.41, 5.74) is 0.699. The van der Waals surface area contributed by atoms with Crippen LogP contribution >= 0.6 is 11.6 Å². The number of hydrogen-bond donors (Lipinski definition) is 1. The van der Waals surface area contributed by atoms with E-state index in [1.807, 2.05) is 6.92 Å². The number of hydrazone groups is 1. The number of nitrogens with two attached hydrogens (primary N) is 1. The molecule has 0 aliphatic heterocycles. The minimum absolute atomic E-state index is 0.529. The van der Waals surface area contributed by atoms with Gasteiger partial charge in [-0.3, -0.25) is 0 Å². The highest BCUT2D eigenvalue weighted by Crippen LogP contribution is 2.32. The second-order valence-corrected chi connectivity index (χ2v) is 3.56. The van der Waals surface area contributed by atoms with Gasteiger partial charge in [-0.1, -0.05) is 18.5 Å². The van der Waals surface area contributed by atoms with Gasteiger partial charge in [-0.15, -0.1) is 0 Å². The number of ether oxygens (including phenoxy) is 2. The molecule has 0 saturated heterocycles. The van der Waals surface area contributed by atoms with Crippen molar-refractivity contribution >= 4 is 17.8 Å². The van der Waals surface area contributed by atoms with Crippen LogP contribution in [-0.4, -0.2) is 19.9 Å². The Labute approximate surface area is 100.0 Å². The van der Waals surface area contributed by atoms with Gasteiger partial charge in [0, 0.05) is 11.6 Å². The average molecular weight is 243 g/mol. The minimum atomic E-state index is 0.529. The van der Waals surface area contributed by atoms with Crippen molar-refractivity contribution in [2.24, 2.45) is 10.9 Å². The number of rotatable bonds is 5. The number of methoxy groups -OCH3 is 1. The maximum atomic E-state index is 6.03. The molecular weight excluding hydrogens is 228 g/mol. The van der Waals surface area contributed by atoms with Gasteiger partial charge in [-0.2, -0.15) is 5.10 Å². The highest BCUT2D eigenvalue weighted by atomic mass is 35.5. The molecule has 5 heteroatoms. The molecule has 1 aromatic carbocycles. The van der Waals surface area contributed by atoms with Crippen LogP contribution in [0.25, 0.3) is 0 Å². The maximum absolute atomic E-state index is 6.03. The molecule has 0 aromatic heterocycles. The van der Waals surface area contributed by atoms with E-state index in [0.29, 0.717) is 28.7 Å². The molecule has 0 radical (unpaired) electrons. The van der Waals surface area contributed by atoms with Gasteiger partial charge in [0.2, 0.25) is 0 Å². The third-order valence-corrected chi connectivity index (χ3v) is 2.29. The van der Waals surface area contributed by atoms with E-state index in [1.165, 1.54) is 6.21 Å². The third kappa shape index (κ3) is 3.03. The van der Waals surface area contributed by atoms with Crippen molar-refractivity contribution in [3.63, 3.8) is 0 Å². The molecule has 0 amide bonds. The maximum Gasteiger partial charge on any atom is 0.162 e. The molecule has 0 aliphatic carbocycles. The first-order valence-corrected chi connectivity index (χ1v) is 5.34. The van der Waals surface area contributed by atoms with E-state index < -0.39 is 0 Å². The predicted molar refractivity (Wildman–Crippen MR) is 65.6 cm³/mol. The zero-order valence-electron chi connectivity index (χ0n) is 9.37. The monoisotopic (exact) mass is 242 g/mol. The van der Waals surface area contributed by atoms with Gasteiger partial charge < -0.3 is 15.3 Å². The lowest BCUT2D eigenvalue weighted by Gasteiger charge is -2.11. The van der Waals surface area contributed by atoms with E-state index in [0.717, 1.165) is 6.42 Å². The van der Waals surface area contributed by atoms with Gasteiger partial charge in [0.05, 0.1) is 25.0 Å². The Balaban J connectivity index is 3.05. The van der Waals surface area contributed by atoms with Crippen LogP contribution in [-0.2, 0) is 0 Å². The fourth-order valence-electron chi connectivity index (χ4n) is 1.21. The molecule has 0 unspecified atom stereocenters. The van der Waals surface area contributed by atoms with Gasteiger partial charge in [0.1, 0.15) is 0 Å². The summed E-state index contributed by atoms with van der Waals surface area (Å²) in [6.45, 7) is 2.65. The van der Waals surface area contributed by atoms with Crippen molar-refractivity contribution in [3.05, 3.63) is 22.7 Å².